The Bertz CT molecular complexity index is 1320. The highest BCUT2D eigenvalue weighted by atomic mass is 35.5. The van der Waals surface area contributed by atoms with E-state index in [4.69, 9.17) is 55.9 Å². The fraction of sp³-hybridized carbons (Fsp3) is 0.120. The van der Waals surface area contributed by atoms with Crippen molar-refractivity contribution in [3.05, 3.63) is 96.3 Å². The molecular weight excluding hydrogens is 552 g/mol. The number of benzene rings is 3. The van der Waals surface area contributed by atoms with Crippen LogP contribution in [0.4, 0.5) is 4.79 Å². The van der Waals surface area contributed by atoms with Crippen LogP contribution in [0.15, 0.2) is 59.5 Å². The van der Waals surface area contributed by atoms with Crippen molar-refractivity contribution in [3.8, 4) is 11.5 Å². The molecule has 1 heterocycles. The van der Waals surface area contributed by atoms with Crippen LogP contribution in [-0.2, 0) is 17.9 Å². The molecule has 0 spiro atoms. The SMILES string of the molecule is COc1ccc(/C=C2\SC(=O)N(Cc3ccc(Cl)cc3Cl)C2=O)cc1OCc1c(Cl)cccc1Cl. The van der Waals surface area contributed by atoms with Gasteiger partial charge < -0.3 is 9.47 Å². The van der Waals surface area contributed by atoms with E-state index in [-0.39, 0.29) is 23.3 Å². The maximum atomic E-state index is 13.0. The summed E-state index contributed by atoms with van der Waals surface area (Å²) in [6, 6.07) is 15.3. The van der Waals surface area contributed by atoms with Gasteiger partial charge in [-0.15, -0.1) is 0 Å². The van der Waals surface area contributed by atoms with Gasteiger partial charge in [-0.3, -0.25) is 14.5 Å². The van der Waals surface area contributed by atoms with Gasteiger partial charge >= 0.3 is 0 Å². The molecular formula is C25H17Cl4NO4S. The maximum absolute atomic E-state index is 13.0. The molecule has 3 aromatic carbocycles. The number of hydrogen-bond acceptors (Lipinski definition) is 5. The van der Waals surface area contributed by atoms with Crippen LogP contribution in [0.1, 0.15) is 16.7 Å². The molecule has 4 rings (SSSR count). The molecule has 1 aliphatic rings. The summed E-state index contributed by atoms with van der Waals surface area (Å²) >= 11 is 25.5. The number of imide groups is 1. The predicted molar refractivity (Wildman–Crippen MR) is 142 cm³/mol. The van der Waals surface area contributed by atoms with Crippen LogP contribution in [0.2, 0.25) is 20.1 Å². The third-order valence-electron chi connectivity index (χ3n) is 5.14. The quantitative estimate of drug-likeness (QED) is 0.269. The molecule has 35 heavy (non-hydrogen) atoms. The number of hydrogen-bond donors (Lipinski definition) is 0. The summed E-state index contributed by atoms with van der Waals surface area (Å²) < 4.78 is 11.3. The molecule has 2 amide bonds. The van der Waals surface area contributed by atoms with Gasteiger partial charge in [0.2, 0.25) is 0 Å². The van der Waals surface area contributed by atoms with Crippen molar-refractivity contribution in [1.29, 1.82) is 0 Å². The summed E-state index contributed by atoms with van der Waals surface area (Å²) in [4.78, 5) is 26.9. The Morgan fingerprint density at radius 1 is 0.914 bits per heavy atom. The number of carbonyl (C=O) groups is 2. The van der Waals surface area contributed by atoms with E-state index in [1.54, 1.807) is 60.7 Å². The van der Waals surface area contributed by atoms with E-state index in [2.05, 4.69) is 0 Å². The van der Waals surface area contributed by atoms with Gasteiger partial charge in [0.15, 0.2) is 11.5 Å². The lowest BCUT2D eigenvalue weighted by molar-refractivity contribution is -0.123. The third kappa shape index (κ3) is 5.90. The summed E-state index contributed by atoms with van der Waals surface area (Å²) in [6.07, 6.45) is 1.63. The van der Waals surface area contributed by atoms with Crippen LogP contribution >= 0.6 is 58.2 Å². The zero-order valence-corrected chi connectivity index (χ0v) is 22.0. The number of amides is 2. The molecule has 0 saturated carbocycles. The number of carbonyl (C=O) groups excluding carboxylic acids is 2. The molecule has 1 saturated heterocycles. The van der Waals surface area contributed by atoms with Crippen molar-refractivity contribution in [3.63, 3.8) is 0 Å². The molecule has 0 atom stereocenters. The first-order chi connectivity index (χ1) is 16.8. The molecule has 3 aromatic rings. The topological polar surface area (TPSA) is 55.8 Å². The number of nitrogens with zero attached hydrogens (tertiary/aromatic N) is 1. The first-order valence-electron chi connectivity index (χ1n) is 10.2. The van der Waals surface area contributed by atoms with E-state index in [0.717, 1.165) is 16.7 Å². The van der Waals surface area contributed by atoms with Gasteiger partial charge in [-0.05, 0) is 65.4 Å². The standard InChI is InChI=1S/C25H17Cl4NO4S/c1-33-21-8-5-14(9-22(21)34-13-17-18(27)3-2-4-19(17)28)10-23-24(31)30(25(32)35-23)12-15-6-7-16(26)11-20(15)29/h2-11H,12-13H2,1H3/b23-10-. The first kappa shape index (κ1) is 25.7. The van der Waals surface area contributed by atoms with Crippen LogP contribution in [0.5, 0.6) is 11.5 Å². The predicted octanol–water partition coefficient (Wildman–Crippen LogP) is 8.12. The highest BCUT2D eigenvalue weighted by Crippen LogP contribution is 2.37. The van der Waals surface area contributed by atoms with Crippen molar-refractivity contribution in [2.75, 3.05) is 7.11 Å². The zero-order valence-electron chi connectivity index (χ0n) is 18.2. The lowest BCUT2D eigenvalue weighted by atomic mass is 10.1. The third-order valence-corrected chi connectivity index (χ3v) is 7.34. The van der Waals surface area contributed by atoms with Crippen molar-refractivity contribution in [2.45, 2.75) is 13.2 Å². The van der Waals surface area contributed by atoms with Crippen LogP contribution in [0.3, 0.4) is 0 Å². The second kappa shape index (κ2) is 11.1. The summed E-state index contributed by atoms with van der Waals surface area (Å²) in [6.45, 7) is 0.171. The Labute approximate surface area is 226 Å². The smallest absolute Gasteiger partial charge is 0.293 e. The van der Waals surface area contributed by atoms with E-state index >= 15 is 0 Å². The highest BCUT2D eigenvalue weighted by Gasteiger charge is 2.35. The maximum Gasteiger partial charge on any atom is 0.293 e. The second-order valence-electron chi connectivity index (χ2n) is 7.40. The van der Waals surface area contributed by atoms with E-state index in [1.807, 2.05) is 0 Å². The molecule has 1 fully saturated rings. The minimum Gasteiger partial charge on any atom is -0.493 e. The van der Waals surface area contributed by atoms with E-state index in [1.165, 1.54) is 7.11 Å². The second-order valence-corrected chi connectivity index (χ2v) is 10.1. The largest absolute Gasteiger partial charge is 0.493 e. The van der Waals surface area contributed by atoms with Gasteiger partial charge in [-0.25, -0.2) is 0 Å². The molecule has 0 N–H and O–H groups in total. The molecule has 0 aromatic heterocycles. The number of ether oxygens (including phenoxy) is 2. The Morgan fingerprint density at radius 3 is 2.34 bits per heavy atom. The highest BCUT2D eigenvalue weighted by molar-refractivity contribution is 8.18. The van der Waals surface area contributed by atoms with Gasteiger partial charge in [-0.1, -0.05) is 64.6 Å². The van der Waals surface area contributed by atoms with Gasteiger partial charge in [0.05, 0.1) is 18.6 Å². The molecule has 5 nitrogen and oxygen atoms in total. The van der Waals surface area contributed by atoms with Gasteiger partial charge in [0, 0.05) is 25.7 Å². The Morgan fingerprint density at radius 2 is 1.66 bits per heavy atom. The Kier molecular flexibility index (Phi) is 8.19. The van der Waals surface area contributed by atoms with Crippen molar-refractivity contribution < 1.29 is 19.1 Å². The Hall–Kier alpha value is -2.35. The van der Waals surface area contributed by atoms with Crippen molar-refractivity contribution >= 4 is 75.4 Å². The number of halogens is 4. The van der Waals surface area contributed by atoms with Crippen molar-refractivity contribution in [1.82, 2.24) is 4.90 Å². The molecule has 0 bridgehead atoms. The minimum absolute atomic E-state index is 0.0492. The summed E-state index contributed by atoms with van der Waals surface area (Å²) in [5.74, 6) is 0.521. The van der Waals surface area contributed by atoms with E-state index < -0.39 is 5.91 Å². The molecule has 0 aliphatic carbocycles. The normalized spacial score (nSPS) is 14.7. The van der Waals surface area contributed by atoms with Crippen LogP contribution in [0, 0.1) is 0 Å². The summed E-state index contributed by atoms with van der Waals surface area (Å²) in [5.41, 5.74) is 1.92. The number of methoxy groups -OCH3 is 1. The van der Waals surface area contributed by atoms with Crippen LogP contribution < -0.4 is 9.47 Å². The number of thioether (sulfide) groups is 1. The average Bonchev–Trinajstić information content (AvgIpc) is 3.08. The van der Waals surface area contributed by atoms with E-state index in [0.29, 0.717) is 48.3 Å². The molecule has 0 unspecified atom stereocenters. The lowest BCUT2D eigenvalue weighted by Gasteiger charge is -2.14. The Balaban J connectivity index is 1.55. The fourth-order valence-corrected chi connectivity index (χ4v) is 5.14. The number of rotatable bonds is 7. The van der Waals surface area contributed by atoms with E-state index in [9.17, 15) is 9.59 Å². The lowest BCUT2D eigenvalue weighted by Crippen LogP contribution is -2.27. The minimum atomic E-state index is -0.410. The van der Waals surface area contributed by atoms with Crippen LogP contribution in [0.25, 0.3) is 6.08 Å². The monoisotopic (exact) mass is 567 g/mol. The summed E-state index contributed by atoms with van der Waals surface area (Å²) in [5, 5.41) is 1.45. The van der Waals surface area contributed by atoms with Crippen LogP contribution in [-0.4, -0.2) is 23.2 Å². The van der Waals surface area contributed by atoms with Gasteiger partial charge in [0.1, 0.15) is 6.61 Å². The average molecular weight is 569 g/mol. The molecule has 180 valence electrons. The molecule has 10 heteroatoms. The summed E-state index contributed by atoms with van der Waals surface area (Å²) in [7, 11) is 1.53. The zero-order chi connectivity index (χ0) is 25.1. The first-order valence-corrected chi connectivity index (χ1v) is 12.5. The van der Waals surface area contributed by atoms with Gasteiger partial charge in [-0.2, -0.15) is 0 Å². The fourth-order valence-electron chi connectivity index (χ4n) is 3.32. The molecule has 1 aliphatic heterocycles. The van der Waals surface area contributed by atoms with Crippen molar-refractivity contribution in [2.24, 2.45) is 0 Å². The molecule has 0 radical (unpaired) electrons. The van der Waals surface area contributed by atoms with Gasteiger partial charge in [0.25, 0.3) is 11.1 Å².